The Kier molecular flexibility index (Phi) is 7.09. The molecule has 0 aromatic heterocycles. The van der Waals surface area contributed by atoms with E-state index in [0.717, 1.165) is 38.5 Å². The molecule has 0 radical (unpaired) electrons. The van der Waals surface area contributed by atoms with Crippen molar-refractivity contribution in [3.05, 3.63) is 0 Å². The summed E-state index contributed by atoms with van der Waals surface area (Å²) in [7, 11) is 0. The topological polar surface area (TPSA) is 27.7 Å². The van der Waals surface area contributed by atoms with Gasteiger partial charge in [-0.25, -0.2) is 8.78 Å². The minimum absolute atomic E-state index is 0.139. The van der Waals surface area contributed by atoms with E-state index in [1.54, 1.807) is 0 Å². The van der Waals surface area contributed by atoms with Gasteiger partial charge in [-0.3, -0.25) is 0 Å². The lowest BCUT2D eigenvalue weighted by Crippen LogP contribution is -2.45. The Morgan fingerprint density at radius 1 is 0.800 bits per heavy atom. The highest BCUT2D eigenvalue weighted by Gasteiger charge is 2.57. The fraction of sp³-hybridized carbons (Fsp3) is 1.00. The van der Waals surface area contributed by atoms with Crippen molar-refractivity contribution in [2.24, 2.45) is 11.8 Å². The quantitative estimate of drug-likeness (QED) is 0.591. The van der Waals surface area contributed by atoms with Crippen LogP contribution in [0.2, 0.25) is 0 Å². The van der Waals surface area contributed by atoms with E-state index in [0.29, 0.717) is 13.2 Å². The molecule has 3 fully saturated rings. The molecular formula is C20H34F2O3. The first-order chi connectivity index (χ1) is 12.2. The molecule has 0 aromatic carbocycles. The van der Waals surface area contributed by atoms with Gasteiger partial charge in [-0.15, -0.1) is 0 Å². The van der Waals surface area contributed by atoms with Crippen LogP contribution in [0, 0.1) is 11.8 Å². The molecule has 8 atom stereocenters. The zero-order valence-electron chi connectivity index (χ0n) is 15.7. The molecule has 3 aliphatic rings. The number of hydrogen-bond donors (Lipinski definition) is 0. The maximum Gasteiger partial charge on any atom is 0.152 e. The van der Waals surface area contributed by atoms with Crippen molar-refractivity contribution in [2.45, 2.75) is 102 Å². The van der Waals surface area contributed by atoms with Gasteiger partial charge in [0.1, 0.15) is 0 Å². The summed E-state index contributed by atoms with van der Waals surface area (Å²) in [6, 6.07) is 0. The van der Waals surface area contributed by atoms with Crippen LogP contribution in [0.3, 0.4) is 0 Å². The van der Waals surface area contributed by atoms with E-state index in [4.69, 9.17) is 14.2 Å². The fourth-order valence-electron chi connectivity index (χ4n) is 5.03. The molecule has 1 heterocycles. The van der Waals surface area contributed by atoms with Gasteiger partial charge in [0, 0.05) is 13.2 Å². The third-order valence-electron chi connectivity index (χ3n) is 6.33. The number of hydrogen-bond acceptors (Lipinski definition) is 3. The van der Waals surface area contributed by atoms with Crippen molar-refractivity contribution in [2.75, 3.05) is 13.2 Å². The van der Waals surface area contributed by atoms with Gasteiger partial charge in [-0.1, -0.05) is 26.2 Å². The van der Waals surface area contributed by atoms with E-state index in [9.17, 15) is 8.78 Å². The molecule has 0 bridgehead atoms. The molecule has 25 heavy (non-hydrogen) atoms. The molecule has 8 unspecified atom stereocenters. The van der Waals surface area contributed by atoms with Gasteiger partial charge < -0.3 is 14.2 Å². The summed E-state index contributed by atoms with van der Waals surface area (Å²) in [6.45, 7) is 5.18. The largest absolute Gasteiger partial charge is 0.375 e. The maximum absolute atomic E-state index is 15.0. The molecule has 3 rings (SSSR count). The van der Waals surface area contributed by atoms with Crippen molar-refractivity contribution >= 4 is 0 Å². The third-order valence-corrected chi connectivity index (χ3v) is 6.33. The highest BCUT2D eigenvalue weighted by atomic mass is 19.1. The van der Waals surface area contributed by atoms with E-state index >= 15 is 0 Å². The smallest absolute Gasteiger partial charge is 0.152 e. The lowest BCUT2D eigenvalue weighted by atomic mass is 9.71. The first-order valence-electron chi connectivity index (χ1n) is 10.3. The van der Waals surface area contributed by atoms with Crippen LogP contribution in [0.4, 0.5) is 8.78 Å². The predicted octanol–water partition coefficient (Wildman–Crippen LogP) is 4.62. The van der Waals surface area contributed by atoms with Crippen molar-refractivity contribution in [1.29, 1.82) is 0 Å². The fourth-order valence-corrected chi connectivity index (χ4v) is 5.03. The lowest BCUT2D eigenvalue weighted by Gasteiger charge is -2.37. The first kappa shape index (κ1) is 19.5. The van der Waals surface area contributed by atoms with Crippen LogP contribution in [-0.4, -0.2) is 50.0 Å². The molecule has 1 aliphatic heterocycles. The summed E-state index contributed by atoms with van der Waals surface area (Å²) in [5, 5.41) is 0. The Morgan fingerprint density at radius 3 is 1.96 bits per heavy atom. The van der Waals surface area contributed by atoms with Gasteiger partial charge in [0.2, 0.25) is 0 Å². The van der Waals surface area contributed by atoms with Crippen LogP contribution >= 0.6 is 0 Å². The zero-order chi connectivity index (χ0) is 17.8. The Labute approximate surface area is 150 Å². The molecular weight excluding hydrogens is 326 g/mol. The van der Waals surface area contributed by atoms with E-state index in [1.165, 1.54) is 12.8 Å². The van der Waals surface area contributed by atoms with Crippen molar-refractivity contribution in [3.63, 3.8) is 0 Å². The predicted molar refractivity (Wildman–Crippen MR) is 93.2 cm³/mol. The van der Waals surface area contributed by atoms with Gasteiger partial charge in [0.05, 0.1) is 24.4 Å². The molecule has 0 amide bonds. The van der Waals surface area contributed by atoms with Crippen LogP contribution in [0.15, 0.2) is 0 Å². The number of fused-ring (bicyclic) bond motifs is 3. The Morgan fingerprint density at radius 2 is 1.40 bits per heavy atom. The van der Waals surface area contributed by atoms with Crippen molar-refractivity contribution in [1.82, 2.24) is 0 Å². The maximum atomic E-state index is 15.0. The van der Waals surface area contributed by atoms with Crippen molar-refractivity contribution in [3.8, 4) is 0 Å². The van der Waals surface area contributed by atoms with Crippen LogP contribution in [0.5, 0.6) is 0 Å². The van der Waals surface area contributed by atoms with Gasteiger partial charge in [-0.2, -0.15) is 0 Å². The summed E-state index contributed by atoms with van der Waals surface area (Å²) in [4.78, 5) is 0. The highest BCUT2D eigenvalue weighted by Crippen LogP contribution is 2.49. The minimum atomic E-state index is -1.13. The average Bonchev–Trinajstić information content (AvgIpc) is 2.99. The minimum Gasteiger partial charge on any atom is -0.375 e. The molecule has 2 aliphatic carbocycles. The second kappa shape index (κ2) is 9.09. The molecule has 3 nitrogen and oxygen atoms in total. The molecule has 1 saturated heterocycles. The third kappa shape index (κ3) is 4.19. The number of alkyl halides is 2. The second-order valence-electron chi connectivity index (χ2n) is 7.90. The summed E-state index contributed by atoms with van der Waals surface area (Å²) in [5.41, 5.74) is 0. The zero-order valence-corrected chi connectivity index (χ0v) is 15.7. The summed E-state index contributed by atoms with van der Waals surface area (Å²) >= 11 is 0. The second-order valence-corrected chi connectivity index (χ2v) is 7.90. The molecule has 146 valence electrons. The van der Waals surface area contributed by atoms with Crippen LogP contribution in [0.1, 0.15) is 65.2 Å². The highest BCUT2D eigenvalue weighted by molar-refractivity contribution is 5.04. The van der Waals surface area contributed by atoms with E-state index < -0.39 is 30.7 Å². The number of ether oxygens (including phenoxy) is 3. The van der Waals surface area contributed by atoms with Crippen LogP contribution < -0.4 is 0 Å². The number of unbranched alkanes of at least 4 members (excludes halogenated alkanes) is 3. The Balaban J connectivity index is 1.53. The Bertz CT molecular complexity index is 408. The number of halogens is 2. The van der Waals surface area contributed by atoms with Gasteiger partial charge in [0.25, 0.3) is 0 Å². The first-order valence-corrected chi connectivity index (χ1v) is 10.3. The van der Waals surface area contributed by atoms with E-state index in [2.05, 4.69) is 6.92 Å². The average molecular weight is 360 g/mol. The Hall–Kier alpha value is -0.260. The molecule has 0 aromatic rings. The standard InChI is InChI=1S/C20H34F2O3/c1-3-5-6-7-12-24-16-11-9-14-13-8-10-15(23-4-2)17(21)19(13)25-20(14)18(16)22/h13-20H,3-12H2,1-2H3. The molecule has 0 N–H and O–H groups in total. The molecule has 5 heteroatoms. The molecule has 2 saturated carbocycles. The van der Waals surface area contributed by atoms with Gasteiger partial charge in [-0.05, 0) is 50.9 Å². The summed E-state index contributed by atoms with van der Waals surface area (Å²) in [6.07, 6.45) is 3.68. The SMILES string of the molecule is CCCCCCOC1CCC2C3CCC(OCC)C(F)C3OC2C1F. The van der Waals surface area contributed by atoms with Crippen LogP contribution in [-0.2, 0) is 14.2 Å². The van der Waals surface area contributed by atoms with E-state index in [1.807, 2.05) is 6.92 Å². The van der Waals surface area contributed by atoms with Gasteiger partial charge >= 0.3 is 0 Å². The molecule has 0 spiro atoms. The van der Waals surface area contributed by atoms with Crippen LogP contribution in [0.25, 0.3) is 0 Å². The summed E-state index contributed by atoms with van der Waals surface area (Å²) < 4.78 is 47.0. The van der Waals surface area contributed by atoms with Gasteiger partial charge in [0.15, 0.2) is 12.3 Å². The van der Waals surface area contributed by atoms with Crippen molar-refractivity contribution < 1.29 is 23.0 Å². The number of rotatable bonds is 8. The monoisotopic (exact) mass is 360 g/mol. The lowest BCUT2D eigenvalue weighted by molar-refractivity contribution is -0.132. The summed E-state index contributed by atoms with van der Waals surface area (Å²) in [5.74, 6) is 0.279. The van der Waals surface area contributed by atoms with E-state index in [-0.39, 0.29) is 17.9 Å². The normalized spacial score (nSPS) is 43.7.